The van der Waals surface area contributed by atoms with Gasteiger partial charge in [-0.05, 0) is 13.8 Å². The highest BCUT2D eigenvalue weighted by atomic mass is 16.5. The van der Waals surface area contributed by atoms with Gasteiger partial charge in [0.15, 0.2) is 0 Å². The lowest BCUT2D eigenvalue weighted by Gasteiger charge is -2.09. The molecule has 1 atom stereocenters. The van der Waals surface area contributed by atoms with Gasteiger partial charge < -0.3 is 9.47 Å². The summed E-state index contributed by atoms with van der Waals surface area (Å²) in [5.74, 6) is 1.10. The average molecular weight is 186 g/mol. The van der Waals surface area contributed by atoms with Crippen molar-refractivity contribution in [3.05, 3.63) is 0 Å². The van der Waals surface area contributed by atoms with E-state index in [1.165, 1.54) is 6.42 Å². The molecule has 1 heterocycles. The first-order valence-corrected chi connectivity index (χ1v) is 5.16. The SMILES string of the molecule is CCOC1=[N+](C(C)OCC)CCC1. The molecule has 0 aromatic heterocycles. The zero-order valence-corrected chi connectivity index (χ0v) is 8.88. The van der Waals surface area contributed by atoms with Crippen LogP contribution < -0.4 is 0 Å². The van der Waals surface area contributed by atoms with Crippen molar-refractivity contribution in [2.24, 2.45) is 0 Å². The molecule has 0 bridgehead atoms. The van der Waals surface area contributed by atoms with Crippen LogP contribution in [0.25, 0.3) is 0 Å². The van der Waals surface area contributed by atoms with Crippen molar-refractivity contribution in [2.75, 3.05) is 19.8 Å². The summed E-state index contributed by atoms with van der Waals surface area (Å²) in [4.78, 5) is 0. The Labute approximate surface area is 80.4 Å². The maximum atomic E-state index is 5.55. The normalized spacial score (nSPS) is 19.3. The number of hydrogen-bond acceptors (Lipinski definition) is 2. The van der Waals surface area contributed by atoms with Crippen LogP contribution in [0, 0.1) is 0 Å². The molecule has 0 aromatic rings. The first-order valence-electron chi connectivity index (χ1n) is 5.16. The molecule has 0 fully saturated rings. The van der Waals surface area contributed by atoms with Gasteiger partial charge in [0.05, 0.1) is 19.6 Å². The lowest BCUT2D eigenvalue weighted by molar-refractivity contribution is -0.608. The summed E-state index contributed by atoms with van der Waals surface area (Å²) in [6, 6.07) is 0. The average Bonchev–Trinajstić information content (AvgIpc) is 2.54. The predicted molar refractivity (Wildman–Crippen MR) is 52.1 cm³/mol. The van der Waals surface area contributed by atoms with E-state index >= 15 is 0 Å². The van der Waals surface area contributed by atoms with E-state index in [4.69, 9.17) is 9.47 Å². The molecule has 0 saturated heterocycles. The highest BCUT2D eigenvalue weighted by molar-refractivity contribution is 5.71. The van der Waals surface area contributed by atoms with Crippen molar-refractivity contribution in [3.63, 3.8) is 0 Å². The van der Waals surface area contributed by atoms with Crippen LogP contribution in [0.5, 0.6) is 0 Å². The smallest absolute Gasteiger partial charge is 0.338 e. The minimum absolute atomic E-state index is 0.161. The number of rotatable bonds is 4. The maximum absolute atomic E-state index is 5.55. The molecule has 3 heteroatoms. The molecule has 0 saturated carbocycles. The lowest BCUT2D eigenvalue weighted by atomic mass is 10.4. The Kier molecular flexibility index (Phi) is 4.22. The van der Waals surface area contributed by atoms with Gasteiger partial charge in [0, 0.05) is 13.3 Å². The predicted octanol–water partition coefficient (Wildman–Crippen LogP) is 1.61. The van der Waals surface area contributed by atoms with Crippen molar-refractivity contribution in [2.45, 2.75) is 39.8 Å². The summed E-state index contributed by atoms with van der Waals surface area (Å²) in [6.45, 7) is 8.70. The number of hydrogen-bond donors (Lipinski definition) is 0. The van der Waals surface area contributed by atoms with E-state index in [0.29, 0.717) is 0 Å². The molecule has 1 aliphatic heterocycles. The Hall–Kier alpha value is -0.570. The minimum atomic E-state index is 0.161. The Morgan fingerprint density at radius 3 is 2.77 bits per heavy atom. The summed E-state index contributed by atoms with van der Waals surface area (Å²) in [6.07, 6.45) is 2.41. The molecule has 0 N–H and O–H groups in total. The van der Waals surface area contributed by atoms with Crippen LogP contribution in [0.1, 0.15) is 33.6 Å². The topological polar surface area (TPSA) is 21.5 Å². The third kappa shape index (κ3) is 2.69. The Morgan fingerprint density at radius 2 is 2.15 bits per heavy atom. The molecule has 0 aliphatic carbocycles. The van der Waals surface area contributed by atoms with Gasteiger partial charge in [-0.2, -0.15) is 4.58 Å². The second-order valence-electron chi connectivity index (χ2n) is 3.18. The molecule has 1 unspecified atom stereocenters. The van der Waals surface area contributed by atoms with E-state index in [1.54, 1.807) is 0 Å². The fourth-order valence-electron chi connectivity index (χ4n) is 1.71. The van der Waals surface area contributed by atoms with Gasteiger partial charge in [-0.3, -0.25) is 0 Å². The van der Waals surface area contributed by atoms with Gasteiger partial charge in [-0.1, -0.05) is 0 Å². The van der Waals surface area contributed by atoms with Gasteiger partial charge in [0.1, 0.15) is 6.54 Å². The molecule has 0 spiro atoms. The quantitative estimate of drug-likeness (QED) is 0.622. The van der Waals surface area contributed by atoms with Crippen molar-refractivity contribution < 1.29 is 14.0 Å². The Bertz CT molecular complexity index is 189. The van der Waals surface area contributed by atoms with Crippen molar-refractivity contribution in [3.8, 4) is 0 Å². The Morgan fingerprint density at radius 1 is 1.38 bits per heavy atom. The maximum Gasteiger partial charge on any atom is 0.338 e. The van der Waals surface area contributed by atoms with Crippen LogP contribution in [-0.2, 0) is 9.47 Å². The molecule has 0 amide bonds. The van der Waals surface area contributed by atoms with Crippen molar-refractivity contribution in [1.82, 2.24) is 0 Å². The molecule has 76 valence electrons. The summed E-state index contributed by atoms with van der Waals surface area (Å²) in [5, 5.41) is 0. The van der Waals surface area contributed by atoms with E-state index in [9.17, 15) is 0 Å². The van der Waals surface area contributed by atoms with Gasteiger partial charge in [0.2, 0.25) is 0 Å². The molecule has 3 nitrogen and oxygen atoms in total. The van der Waals surface area contributed by atoms with Crippen molar-refractivity contribution >= 4 is 5.90 Å². The fourth-order valence-corrected chi connectivity index (χ4v) is 1.71. The zero-order chi connectivity index (χ0) is 9.68. The second-order valence-corrected chi connectivity index (χ2v) is 3.18. The molecular formula is C10H20NO2+. The third-order valence-electron chi connectivity index (χ3n) is 2.27. The summed E-state index contributed by atoms with van der Waals surface area (Å²) < 4.78 is 13.3. The van der Waals surface area contributed by atoms with Crippen LogP contribution in [0.15, 0.2) is 0 Å². The van der Waals surface area contributed by atoms with Crippen LogP contribution in [0.3, 0.4) is 0 Å². The van der Waals surface area contributed by atoms with Crippen LogP contribution in [0.2, 0.25) is 0 Å². The van der Waals surface area contributed by atoms with E-state index in [0.717, 1.165) is 32.1 Å². The zero-order valence-electron chi connectivity index (χ0n) is 8.88. The molecule has 0 aromatic carbocycles. The first kappa shape index (κ1) is 10.5. The van der Waals surface area contributed by atoms with E-state index in [1.807, 2.05) is 13.8 Å². The number of nitrogens with zero attached hydrogens (tertiary/aromatic N) is 1. The lowest BCUT2D eigenvalue weighted by Crippen LogP contribution is -2.29. The molecule has 0 radical (unpaired) electrons. The third-order valence-corrected chi connectivity index (χ3v) is 2.27. The van der Waals surface area contributed by atoms with Gasteiger partial charge in [-0.25, -0.2) is 0 Å². The van der Waals surface area contributed by atoms with Crippen LogP contribution >= 0.6 is 0 Å². The molecular weight excluding hydrogens is 166 g/mol. The van der Waals surface area contributed by atoms with E-state index in [2.05, 4.69) is 11.5 Å². The van der Waals surface area contributed by atoms with Gasteiger partial charge >= 0.3 is 5.90 Å². The van der Waals surface area contributed by atoms with Crippen LogP contribution in [0.4, 0.5) is 0 Å². The minimum Gasteiger partial charge on any atom is -0.448 e. The monoisotopic (exact) mass is 186 g/mol. The summed E-state index contributed by atoms with van der Waals surface area (Å²) in [5.41, 5.74) is 0. The summed E-state index contributed by atoms with van der Waals surface area (Å²) >= 11 is 0. The highest BCUT2D eigenvalue weighted by Gasteiger charge is 2.28. The number of ether oxygens (including phenoxy) is 2. The fraction of sp³-hybridized carbons (Fsp3) is 0.900. The largest absolute Gasteiger partial charge is 0.448 e. The van der Waals surface area contributed by atoms with E-state index < -0.39 is 0 Å². The standard InChI is InChI=1S/C10H20NO2/c1-4-12-9(3)11-8-6-7-10(11)13-5-2/h9H,4-8H2,1-3H3/q+1. The summed E-state index contributed by atoms with van der Waals surface area (Å²) in [7, 11) is 0. The first-order chi connectivity index (χ1) is 6.29. The van der Waals surface area contributed by atoms with Crippen LogP contribution in [-0.4, -0.2) is 36.5 Å². The van der Waals surface area contributed by atoms with E-state index in [-0.39, 0.29) is 6.23 Å². The second kappa shape index (κ2) is 5.22. The molecule has 1 rings (SSSR count). The van der Waals surface area contributed by atoms with Gasteiger partial charge in [0.25, 0.3) is 6.23 Å². The molecule has 1 aliphatic rings. The highest BCUT2D eigenvalue weighted by Crippen LogP contribution is 2.09. The van der Waals surface area contributed by atoms with Crippen molar-refractivity contribution in [1.29, 1.82) is 0 Å². The van der Waals surface area contributed by atoms with Gasteiger partial charge in [-0.15, -0.1) is 0 Å². The molecule has 13 heavy (non-hydrogen) atoms. The Balaban J connectivity index is 2.57.